The van der Waals surface area contributed by atoms with Crippen LogP contribution in [0.2, 0.25) is 0 Å². The van der Waals surface area contributed by atoms with Gasteiger partial charge in [0.25, 0.3) is 0 Å². The number of piperidine rings is 1. The third-order valence-electron chi connectivity index (χ3n) is 4.08. The summed E-state index contributed by atoms with van der Waals surface area (Å²) in [5.41, 5.74) is 1.66. The van der Waals surface area contributed by atoms with Gasteiger partial charge in [0.1, 0.15) is 5.60 Å². The molecule has 1 saturated heterocycles. The van der Waals surface area contributed by atoms with Gasteiger partial charge in [-0.05, 0) is 47.5 Å². The van der Waals surface area contributed by atoms with Gasteiger partial charge in [-0.25, -0.2) is 9.78 Å². The van der Waals surface area contributed by atoms with Crippen molar-refractivity contribution in [2.45, 2.75) is 71.7 Å². The Bertz CT molecular complexity index is 506. The summed E-state index contributed by atoms with van der Waals surface area (Å²) in [5, 5.41) is 3.53. The Kier molecular flexibility index (Phi) is 5.11. The molecule has 0 radical (unpaired) electrons. The molecule has 2 rings (SSSR count). The van der Waals surface area contributed by atoms with Crippen molar-refractivity contribution in [3.8, 4) is 0 Å². The van der Waals surface area contributed by atoms with E-state index in [0.717, 1.165) is 30.8 Å². The number of rotatable bonds is 3. The smallest absolute Gasteiger partial charge is 0.410 e. The van der Waals surface area contributed by atoms with Crippen molar-refractivity contribution < 1.29 is 9.53 Å². The summed E-state index contributed by atoms with van der Waals surface area (Å²) >= 11 is 0. The van der Waals surface area contributed by atoms with Crippen LogP contribution in [0.4, 0.5) is 4.79 Å². The molecular weight excluding hydrogens is 280 g/mol. The van der Waals surface area contributed by atoms with E-state index in [2.05, 4.69) is 22.2 Å². The number of H-pyrrole nitrogens is 1. The lowest BCUT2D eigenvalue weighted by molar-refractivity contribution is 0.00697. The summed E-state index contributed by atoms with van der Waals surface area (Å²) in [6, 6.07) is 0.375. The molecule has 1 aromatic rings. The fourth-order valence-electron chi connectivity index (χ4n) is 2.79. The van der Waals surface area contributed by atoms with E-state index in [9.17, 15) is 4.79 Å². The molecule has 124 valence electrons. The third kappa shape index (κ3) is 4.22. The maximum absolute atomic E-state index is 12.3. The molecule has 6 heteroatoms. The number of hydrogen-bond donors (Lipinski definition) is 2. The monoisotopic (exact) mass is 308 g/mol. The molecule has 2 N–H and O–H groups in total. The minimum atomic E-state index is -0.455. The SMILES string of the molecule is Cc1[nH]cnc1CNC1CCCN(C(=O)OC(C)(C)C)C1C. The van der Waals surface area contributed by atoms with E-state index < -0.39 is 5.60 Å². The van der Waals surface area contributed by atoms with Gasteiger partial charge >= 0.3 is 6.09 Å². The maximum Gasteiger partial charge on any atom is 0.410 e. The lowest BCUT2D eigenvalue weighted by atomic mass is 9.97. The molecule has 2 heterocycles. The fourth-order valence-corrected chi connectivity index (χ4v) is 2.79. The number of carbonyl (C=O) groups excluding carboxylic acids is 1. The van der Waals surface area contributed by atoms with Crippen molar-refractivity contribution in [3.05, 3.63) is 17.7 Å². The van der Waals surface area contributed by atoms with Gasteiger partial charge in [-0.3, -0.25) is 0 Å². The maximum atomic E-state index is 12.3. The van der Waals surface area contributed by atoms with Crippen LogP contribution < -0.4 is 5.32 Å². The second-order valence-electron chi connectivity index (χ2n) is 7.02. The molecule has 2 unspecified atom stereocenters. The predicted octanol–water partition coefficient (Wildman–Crippen LogP) is 2.60. The van der Waals surface area contributed by atoms with Crippen LogP contribution in [-0.2, 0) is 11.3 Å². The van der Waals surface area contributed by atoms with E-state index in [1.165, 1.54) is 0 Å². The van der Waals surface area contributed by atoms with Gasteiger partial charge in [-0.15, -0.1) is 0 Å². The second kappa shape index (κ2) is 6.69. The van der Waals surface area contributed by atoms with Gasteiger partial charge in [0.2, 0.25) is 0 Å². The normalized spacial score (nSPS) is 22.7. The van der Waals surface area contributed by atoms with Gasteiger partial charge in [0.05, 0.1) is 12.0 Å². The first-order valence-corrected chi connectivity index (χ1v) is 8.00. The summed E-state index contributed by atoms with van der Waals surface area (Å²) in [7, 11) is 0. The van der Waals surface area contributed by atoms with Crippen molar-refractivity contribution in [2.75, 3.05) is 6.54 Å². The number of nitrogens with zero attached hydrogens (tertiary/aromatic N) is 2. The Morgan fingerprint density at radius 3 is 2.86 bits per heavy atom. The van der Waals surface area contributed by atoms with E-state index >= 15 is 0 Å². The summed E-state index contributed by atoms with van der Waals surface area (Å²) in [6.45, 7) is 11.3. The summed E-state index contributed by atoms with van der Waals surface area (Å²) in [5.74, 6) is 0. The number of likely N-dealkylation sites (tertiary alicyclic amines) is 1. The number of ether oxygens (including phenoxy) is 1. The number of aromatic nitrogens is 2. The van der Waals surface area contributed by atoms with Crippen molar-refractivity contribution in [1.29, 1.82) is 0 Å². The average molecular weight is 308 g/mol. The van der Waals surface area contributed by atoms with Crippen LogP contribution in [0.15, 0.2) is 6.33 Å². The molecule has 6 nitrogen and oxygen atoms in total. The van der Waals surface area contributed by atoms with E-state index in [1.807, 2.05) is 32.6 Å². The highest BCUT2D eigenvalue weighted by molar-refractivity contribution is 5.68. The molecule has 0 aliphatic carbocycles. The number of carbonyl (C=O) groups is 1. The number of aryl methyl sites for hydroxylation is 1. The number of amides is 1. The zero-order valence-corrected chi connectivity index (χ0v) is 14.3. The van der Waals surface area contributed by atoms with Crippen molar-refractivity contribution in [3.63, 3.8) is 0 Å². The Labute approximate surface area is 132 Å². The van der Waals surface area contributed by atoms with Gasteiger partial charge in [0.15, 0.2) is 0 Å². The Balaban J connectivity index is 1.93. The third-order valence-corrected chi connectivity index (χ3v) is 4.08. The molecule has 0 aromatic carbocycles. The summed E-state index contributed by atoms with van der Waals surface area (Å²) < 4.78 is 5.51. The van der Waals surface area contributed by atoms with Crippen LogP contribution in [0.3, 0.4) is 0 Å². The molecule has 1 amide bonds. The molecule has 1 aliphatic heterocycles. The fraction of sp³-hybridized carbons (Fsp3) is 0.750. The zero-order valence-electron chi connectivity index (χ0n) is 14.3. The van der Waals surface area contributed by atoms with Gasteiger partial charge in [0, 0.05) is 30.9 Å². The van der Waals surface area contributed by atoms with Crippen molar-refractivity contribution >= 4 is 6.09 Å². The number of imidazole rings is 1. The average Bonchev–Trinajstić information content (AvgIpc) is 2.81. The second-order valence-corrected chi connectivity index (χ2v) is 7.02. The van der Waals surface area contributed by atoms with Crippen LogP contribution in [0, 0.1) is 6.92 Å². The Hall–Kier alpha value is -1.56. The first-order chi connectivity index (χ1) is 10.3. The van der Waals surface area contributed by atoms with Gasteiger partial charge < -0.3 is 19.9 Å². The van der Waals surface area contributed by atoms with E-state index in [4.69, 9.17) is 4.74 Å². The largest absolute Gasteiger partial charge is 0.444 e. The van der Waals surface area contributed by atoms with E-state index in [0.29, 0.717) is 6.54 Å². The van der Waals surface area contributed by atoms with Crippen molar-refractivity contribution in [2.24, 2.45) is 0 Å². The van der Waals surface area contributed by atoms with Gasteiger partial charge in [-0.1, -0.05) is 0 Å². The summed E-state index contributed by atoms with van der Waals surface area (Å²) in [6.07, 6.45) is 3.54. The highest BCUT2D eigenvalue weighted by atomic mass is 16.6. The van der Waals surface area contributed by atoms with Crippen LogP contribution in [0.5, 0.6) is 0 Å². The highest BCUT2D eigenvalue weighted by Crippen LogP contribution is 2.21. The number of hydrogen-bond acceptors (Lipinski definition) is 4. The molecule has 2 atom stereocenters. The molecule has 0 bridgehead atoms. The first kappa shape index (κ1) is 16.8. The van der Waals surface area contributed by atoms with Crippen molar-refractivity contribution in [1.82, 2.24) is 20.2 Å². The topological polar surface area (TPSA) is 70.2 Å². The number of nitrogens with one attached hydrogen (secondary N) is 2. The predicted molar refractivity (Wildman–Crippen MR) is 85.6 cm³/mol. The lowest BCUT2D eigenvalue weighted by Gasteiger charge is -2.40. The molecule has 0 spiro atoms. The summed E-state index contributed by atoms with van der Waals surface area (Å²) in [4.78, 5) is 21.5. The van der Waals surface area contributed by atoms with E-state index in [-0.39, 0.29) is 18.2 Å². The van der Waals surface area contributed by atoms with Crippen LogP contribution >= 0.6 is 0 Å². The Morgan fingerprint density at radius 2 is 2.27 bits per heavy atom. The molecular formula is C16H28N4O2. The minimum Gasteiger partial charge on any atom is -0.444 e. The quantitative estimate of drug-likeness (QED) is 0.900. The van der Waals surface area contributed by atoms with E-state index in [1.54, 1.807) is 6.33 Å². The lowest BCUT2D eigenvalue weighted by Crippen LogP contribution is -2.55. The number of aromatic amines is 1. The molecule has 1 fully saturated rings. The highest BCUT2D eigenvalue weighted by Gasteiger charge is 2.33. The first-order valence-electron chi connectivity index (χ1n) is 8.00. The van der Waals surface area contributed by atoms with Gasteiger partial charge in [-0.2, -0.15) is 0 Å². The Morgan fingerprint density at radius 1 is 1.55 bits per heavy atom. The molecule has 1 aromatic heterocycles. The standard InChI is InChI=1S/C16H28N4O2/c1-11-14(19-10-18-11)9-17-13-7-6-8-20(12(13)2)15(21)22-16(3,4)5/h10,12-13,17H,6-9H2,1-5H3,(H,18,19). The van der Waals surface area contributed by atoms with Crippen LogP contribution in [-0.4, -0.2) is 45.2 Å². The molecule has 0 saturated carbocycles. The van der Waals surface area contributed by atoms with Crippen LogP contribution in [0.1, 0.15) is 51.9 Å². The zero-order chi connectivity index (χ0) is 16.3. The minimum absolute atomic E-state index is 0.114. The molecule has 1 aliphatic rings. The molecule has 22 heavy (non-hydrogen) atoms. The van der Waals surface area contributed by atoms with Crippen LogP contribution in [0.25, 0.3) is 0 Å².